The van der Waals surface area contributed by atoms with Gasteiger partial charge in [0.25, 0.3) is 0 Å². The van der Waals surface area contributed by atoms with Crippen LogP contribution in [0.5, 0.6) is 0 Å². The number of carbonyl (C=O) groups is 2. The molecule has 0 heterocycles. The predicted octanol–water partition coefficient (Wildman–Crippen LogP) is 0.608. The van der Waals surface area contributed by atoms with Crippen molar-refractivity contribution in [1.82, 2.24) is 0 Å². The van der Waals surface area contributed by atoms with Crippen molar-refractivity contribution in [1.29, 1.82) is 0 Å². The number of carboxylic acids is 1. The number of aryl methyl sites for hydroxylation is 1. The van der Waals surface area contributed by atoms with Gasteiger partial charge in [-0.2, -0.15) is 0 Å². The summed E-state index contributed by atoms with van der Waals surface area (Å²) in [5, 5.41) is 8.99. The summed E-state index contributed by atoms with van der Waals surface area (Å²) >= 11 is 0. The average Bonchev–Trinajstić information content (AvgIpc) is 2.30. The normalized spacial score (nSPS) is 10.8. The van der Waals surface area contributed by atoms with Crippen molar-refractivity contribution >= 4 is 27.6 Å². The van der Waals surface area contributed by atoms with E-state index in [2.05, 4.69) is 9.46 Å². The standard InChI is InChI=1S/C11H13NO6S/c1-7-3-4-9(8(5-7)11(14)15)12-19(16,17)6-10(13)18-2/h3-5,12H,6H2,1-2H3,(H,14,15). The third-order valence-corrected chi connectivity index (χ3v) is 3.35. The Hall–Kier alpha value is -2.09. The molecule has 0 aliphatic rings. The van der Waals surface area contributed by atoms with Gasteiger partial charge in [-0.25, -0.2) is 13.2 Å². The molecule has 0 amide bonds. The third kappa shape index (κ3) is 4.25. The number of methoxy groups -OCH3 is 1. The summed E-state index contributed by atoms with van der Waals surface area (Å²) in [7, 11) is -2.94. The van der Waals surface area contributed by atoms with E-state index in [-0.39, 0.29) is 11.3 Å². The van der Waals surface area contributed by atoms with Gasteiger partial charge in [0.2, 0.25) is 10.0 Å². The van der Waals surface area contributed by atoms with Crippen LogP contribution in [-0.2, 0) is 19.6 Å². The summed E-state index contributed by atoms with van der Waals surface area (Å²) in [6.07, 6.45) is 0. The molecular formula is C11H13NO6S. The predicted molar refractivity (Wildman–Crippen MR) is 67.6 cm³/mol. The number of benzene rings is 1. The fraction of sp³-hybridized carbons (Fsp3) is 0.273. The summed E-state index contributed by atoms with van der Waals surface area (Å²) in [5.41, 5.74) is 0.392. The number of anilines is 1. The molecule has 8 heteroatoms. The number of nitrogens with one attached hydrogen (secondary N) is 1. The third-order valence-electron chi connectivity index (χ3n) is 2.21. The van der Waals surface area contributed by atoms with Crippen LogP contribution >= 0.6 is 0 Å². The molecule has 0 unspecified atom stereocenters. The Kier molecular flexibility index (Phi) is 4.49. The second-order valence-corrected chi connectivity index (χ2v) is 5.51. The summed E-state index contributed by atoms with van der Waals surface area (Å²) < 4.78 is 29.5. The molecule has 7 nitrogen and oxygen atoms in total. The lowest BCUT2D eigenvalue weighted by molar-refractivity contribution is -0.137. The molecule has 0 saturated heterocycles. The van der Waals surface area contributed by atoms with Crippen molar-refractivity contribution < 1.29 is 27.9 Å². The van der Waals surface area contributed by atoms with Crippen LogP contribution in [0.4, 0.5) is 5.69 Å². The fourth-order valence-corrected chi connectivity index (χ4v) is 2.36. The molecule has 0 aliphatic heterocycles. The van der Waals surface area contributed by atoms with Crippen LogP contribution in [0.3, 0.4) is 0 Å². The van der Waals surface area contributed by atoms with Crippen molar-refractivity contribution in [2.24, 2.45) is 0 Å². The van der Waals surface area contributed by atoms with Crippen LogP contribution in [0.25, 0.3) is 0 Å². The number of carbonyl (C=O) groups excluding carboxylic acids is 1. The number of esters is 1. The molecule has 0 atom stereocenters. The highest BCUT2D eigenvalue weighted by Crippen LogP contribution is 2.18. The van der Waals surface area contributed by atoms with Crippen LogP contribution in [0.2, 0.25) is 0 Å². The van der Waals surface area contributed by atoms with Gasteiger partial charge in [0.1, 0.15) is 0 Å². The SMILES string of the molecule is COC(=O)CS(=O)(=O)Nc1ccc(C)cc1C(=O)O. The zero-order valence-corrected chi connectivity index (χ0v) is 11.2. The minimum absolute atomic E-state index is 0.0954. The Balaban J connectivity index is 3.06. The maximum atomic E-state index is 11.6. The number of ether oxygens (including phenoxy) is 1. The summed E-state index contributed by atoms with van der Waals surface area (Å²) in [6.45, 7) is 1.68. The van der Waals surface area contributed by atoms with E-state index >= 15 is 0 Å². The molecule has 0 fully saturated rings. The van der Waals surface area contributed by atoms with Gasteiger partial charge >= 0.3 is 11.9 Å². The number of hydrogen-bond donors (Lipinski definition) is 2. The fourth-order valence-electron chi connectivity index (χ4n) is 1.34. The number of sulfonamides is 1. The van der Waals surface area contributed by atoms with Crippen LogP contribution in [0.1, 0.15) is 15.9 Å². The number of rotatable bonds is 5. The van der Waals surface area contributed by atoms with Crippen molar-refractivity contribution in [3.8, 4) is 0 Å². The lowest BCUT2D eigenvalue weighted by atomic mass is 10.1. The number of hydrogen-bond acceptors (Lipinski definition) is 5. The van der Waals surface area contributed by atoms with Crippen molar-refractivity contribution in [3.63, 3.8) is 0 Å². The minimum Gasteiger partial charge on any atom is -0.478 e. The van der Waals surface area contributed by atoms with Crippen LogP contribution in [0, 0.1) is 6.92 Å². The van der Waals surface area contributed by atoms with Crippen LogP contribution in [0.15, 0.2) is 18.2 Å². The van der Waals surface area contributed by atoms with Gasteiger partial charge in [0.15, 0.2) is 5.75 Å². The quantitative estimate of drug-likeness (QED) is 0.768. The smallest absolute Gasteiger partial charge is 0.337 e. The van der Waals surface area contributed by atoms with Crippen molar-refractivity contribution in [2.75, 3.05) is 17.6 Å². The van der Waals surface area contributed by atoms with E-state index < -0.39 is 27.7 Å². The lowest BCUT2D eigenvalue weighted by Crippen LogP contribution is -2.24. The van der Waals surface area contributed by atoms with Gasteiger partial charge in [0.05, 0.1) is 18.4 Å². The Morgan fingerprint density at radius 3 is 2.53 bits per heavy atom. The monoisotopic (exact) mass is 287 g/mol. The van der Waals surface area contributed by atoms with Gasteiger partial charge in [-0.05, 0) is 19.1 Å². The van der Waals surface area contributed by atoms with E-state index in [0.717, 1.165) is 7.11 Å². The molecule has 2 N–H and O–H groups in total. The van der Waals surface area contributed by atoms with Gasteiger partial charge in [0, 0.05) is 0 Å². The first-order valence-electron chi connectivity index (χ1n) is 5.16. The summed E-state index contributed by atoms with van der Waals surface area (Å²) in [5.74, 6) is -3.08. The van der Waals surface area contributed by atoms with Crippen LogP contribution < -0.4 is 4.72 Å². The molecule has 104 valence electrons. The molecule has 19 heavy (non-hydrogen) atoms. The Morgan fingerprint density at radius 2 is 2.00 bits per heavy atom. The molecule has 1 aromatic rings. The van der Waals surface area contributed by atoms with Crippen molar-refractivity contribution in [3.05, 3.63) is 29.3 Å². The maximum absolute atomic E-state index is 11.6. The molecule has 0 aliphatic carbocycles. The molecule has 1 rings (SSSR count). The lowest BCUT2D eigenvalue weighted by Gasteiger charge is -2.10. The first kappa shape index (κ1) is 15.0. The maximum Gasteiger partial charge on any atom is 0.337 e. The second kappa shape index (κ2) is 5.70. The van der Waals surface area contributed by atoms with Gasteiger partial charge in [-0.3, -0.25) is 9.52 Å². The van der Waals surface area contributed by atoms with Crippen LogP contribution in [-0.4, -0.2) is 38.3 Å². The number of carboxylic acid groups (broad SMARTS) is 1. The topological polar surface area (TPSA) is 110 Å². The van der Waals surface area contributed by atoms with E-state index in [1.165, 1.54) is 12.1 Å². The van der Waals surface area contributed by atoms with Crippen molar-refractivity contribution in [2.45, 2.75) is 6.92 Å². The molecular weight excluding hydrogens is 274 g/mol. The molecule has 0 bridgehead atoms. The van der Waals surface area contributed by atoms with Gasteiger partial charge < -0.3 is 9.84 Å². The largest absolute Gasteiger partial charge is 0.478 e. The highest BCUT2D eigenvalue weighted by Gasteiger charge is 2.20. The average molecular weight is 287 g/mol. The van der Waals surface area contributed by atoms with E-state index in [4.69, 9.17) is 5.11 Å². The molecule has 0 saturated carbocycles. The highest BCUT2D eigenvalue weighted by molar-refractivity contribution is 7.93. The van der Waals surface area contributed by atoms with E-state index in [0.29, 0.717) is 5.56 Å². The second-order valence-electron chi connectivity index (χ2n) is 3.79. The Bertz CT molecular complexity index is 608. The van der Waals surface area contributed by atoms with E-state index in [1.807, 2.05) is 0 Å². The molecule has 0 spiro atoms. The number of aromatic carboxylic acids is 1. The minimum atomic E-state index is -4.00. The van der Waals surface area contributed by atoms with Gasteiger partial charge in [-0.15, -0.1) is 0 Å². The zero-order valence-electron chi connectivity index (χ0n) is 10.3. The molecule has 0 aromatic heterocycles. The van der Waals surface area contributed by atoms with E-state index in [9.17, 15) is 18.0 Å². The molecule has 1 aromatic carbocycles. The Labute approximate surface area is 110 Å². The van der Waals surface area contributed by atoms with Gasteiger partial charge in [-0.1, -0.05) is 11.6 Å². The Morgan fingerprint density at radius 1 is 1.37 bits per heavy atom. The first-order valence-corrected chi connectivity index (χ1v) is 6.81. The summed E-state index contributed by atoms with van der Waals surface area (Å²) in [4.78, 5) is 21.9. The summed E-state index contributed by atoms with van der Waals surface area (Å²) in [6, 6.07) is 4.22. The zero-order chi connectivity index (χ0) is 14.6. The van der Waals surface area contributed by atoms with E-state index in [1.54, 1.807) is 13.0 Å². The first-order chi connectivity index (χ1) is 8.75. The molecule has 0 radical (unpaired) electrons. The highest BCUT2D eigenvalue weighted by atomic mass is 32.2.